The van der Waals surface area contributed by atoms with Crippen LogP contribution in [-0.4, -0.2) is 57.1 Å². The van der Waals surface area contributed by atoms with Crippen LogP contribution in [0.3, 0.4) is 0 Å². The van der Waals surface area contributed by atoms with Crippen molar-refractivity contribution in [2.24, 2.45) is 11.8 Å². The van der Waals surface area contributed by atoms with Gasteiger partial charge in [-0.3, -0.25) is 14.3 Å². The molecular formula is C30H33N5O4. The number of rotatable bonds is 6. The van der Waals surface area contributed by atoms with E-state index in [-0.39, 0.29) is 29.7 Å². The van der Waals surface area contributed by atoms with E-state index < -0.39 is 12.2 Å². The van der Waals surface area contributed by atoms with Crippen molar-refractivity contribution in [3.05, 3.63) is 78.1 Å². The SMILES string of the molecule is CC1C=C(NC(=O)c2ccc(N3CCC(O)C(O)C3)cc2)C=CC1n1ncc2cc(NC(=O)C3CC3)ccc21. The zero-order valence-electron chi connectivity index (χ0n) is 21.8. The molecule has 3 aromatic rings. The minimum atomic E-state index is -0.769. The number of carbonyl (C=O) groups excluding carboxylic acids is 2. The van der Waals surface area contributed by atoms with Crippen LogP contribution in [0.15, 0.2) is 72.6 Å². The second-order valence-electron chi connectivity index (χ2n) is 10.8. The van der Waals surface area contributed by atoms with Gasteiger partial charge in [-0.15, -0.1) is 0 Å². The van der Waals surface area contributed by atoms with Crippen molar-refractivity contribution in [3.8, 4) is 0 Å². The van der Waals surface area contributed by atoms with E-state index >= 15 is 0 Å². The number of hydrogen-bond donors (Lipinski definition) is 4. The predicted molar refractivity (Wildman–Crippen MR) is 149 cm³/mol. The van der Waals surface area contributed by atoms with Crippen LogP contribution in [0.5, 0.6) is 0 Å². The molecule has 202 valence electrons. The van der Waals surface area contributed by atoms with Crippen LogP contribution in [0, 0.1) is 11.8 Å². The maximum Gasteiger partial charge on any atom is 0.255 e. The van der Waals surface area contributed by atoms with Crippen molar-refractivity contribution in [1.82, 2.24) is 15.1 Å². The molecule has 2 aromatic carbocycles. The van der Waals surface area contributed by atoms with Gasteiger partial charge in [0.2, 0.25) is 5.91 Å². The van der Waals surface area contributed by atoms with Crippen LogP contribution in [0.1, 0.15) is 42.6 Å². The lowest BCUT2D eigenvalue weighted by Gasteiger charge is -2.35. The van der Waals surface area contributed by atoms with Crippen LogP contribution >= 0.6 is 0 Å². The molecule has 2 aliphatic carbocycles. The third-order valence-corrected chi connectivity index (χ3v) is 7.85. The summed E-state index contributed by atoms with van der Waals surface area (Å²) < 4.78 is 1.98. The highest BCUT2D eigenvalue weighted by molar-refractivity contribution is 5.96. The Bertz CT molecular complexity index is 1460. The van der Waals surface area contributed by atoms with Gasteiger partial charge in [-0.2, -0.15) is 5.10 Å². The highest BCUT2D eigenvalue weighted by Gasteiger charge is 2.30. The van der Waals surface area contributed by atoms with Crippen LogP contribution in [0.2, 0.25) is 0 Å². The summed E-state index contributed by atoms with van der Waals surface area (Å²) in [5.74, 6) is 0.139. The zero-order valence-corrected chi connectivity index (χ0v) is 21.8. The molecule has 9 heteroatoms. The second-order valence-corrected chi connectivity index (χ2v) is 10.8. The Labute approximate surface area is 226 Å². The lowest BCUT2D eigenvalue weighted by Crippen LogP contribution is -2.46. The molecule has 0 radical (unpaired) electrons. The molecule has 4 N–H and O–H groups in total. The first-order valence-electron chi connectivity index (χ1n) is 13.6. The molecule has 2 fully saturated rings. The summed E-state index contributed by atoms with van der Waals surface area (Å²) in [5.41, 5.74) is 3.97. The summed E-state index contributed by atoms with van der Waals surface area (Å²) >= 11 is 0. The number of nitrogens with one attached hydrogen (secondary N) is 2. The van der Waals surface area contributed by atoms with E-state index in [0.717, 1.165) is 40.8 Å². The van der Waals surface area contributed by atoms with Crippen molar-refractivity contribution in [1.29, 1.82) is 0 Å². The summed E-state index contributed by atoms with van der Waals surface area (Å²) in [5, 5.41) is 31.3. The molecule has 3 aliphatic rings. The Balaban J connectivity index is 1.09. The standard InChI is InChI=1S/C30H33N5O4/c1-18-14-22(32-30(39)20-4-8-24(9-5-20)34-13-12-27(36)28(37)17-34)6-10-25(18)35-26-11-7-23(15-21(26)16-31-35)33-29(38)19-2-3-19/h4-11,14-16,18-19,25,27-28,36-37H,2-3,12-13,17H2,1H3,(H,32,39)(H,33,38). The molecule has 39 heavy (non-hydrogen) atoms. The average molecular weight is 528 g/mol. The van der Waals surface area contributed by atoms with Crippen molar-refractivity contribution in [2.45, 2.75) is 44.4 Å². The number of benzene rings is 2. The van der Waals surface area contributed by atoms with Crippen molar-refractivity contribution >= 4 is 34.1 Å². The summed E-state index contributed by atoms with van der Waals surface area (Å²) in [6, 6.07) is 13.2. The third kappa shape index (κ3) is 5.32. The lowest BCUT2D eigenvalue weighted by molar-refractivity contribution is -0.117. The Morgan fingerprint density at radius 1 is 1.00 bits per heavy atom. The molecule has 2 amide bonds. The van der Waals surface area contributed by atoms with Gasteiger partial charge in [0.15, 0.2) is 0 Å². The maximum absolute atomic E-state index is 12.9. The normalized spacial score (nSPS) is 24.9. The molecule has 0 spiro atoms. The number of hydrogen-bond acceptors (Lipinski definition) is 6. The number of aliphatic hydroxyl groups excluding tert-OH is 2. The first-order chi connectivity index (χ1) is 18.9. The number of nitrogens with zero attached hydrogens (tertiary/aromatic N) is 3. The number of allylic oxidation sites excluding steroid dienone is 3. The molecular weight excluding hydrogens is 494 g/mol. The minimum Gasteiger partial charge on any atom is -0.390 e. The Kier molecular flexibility index (Phi) is 6.70. The van der Waals surface area contributed by atoms with Crippen LogP contribution in [0.25, 0.3) is 10.9 Å². The topological polar surface area (TPSA) is 120 Å². The molecule has 1 aromatic heterocycles. The van der Waals surface area contributed by atoms with Crippen LogP contribution in [0.4, 0.5) is 11.4 Å². The van der Waals surface area contributed by atoms with Gasteiger partial charge in [0, 0.05) is 52.9 Å². The molecule has 6 rings (SSSR count). The van der Waals surface area contributed by atoms with E-state index in [1.165, 1.54) is 0 Å². The fourth-order valence-electron chi connectivity index (χ4n) is 5.34. The molecule has 1 saturated heterocycles. The smallest absolute Gasteiger partial charge is 0.255 e. The highest BCUT2D eigenvalue weighted by Crippen LogP contribution is 2.32. The van der Waals surface area contributed by atoms with Gasteiger partial charge in [-0.25, -0.2) is 0 Å². The Morgan fingerprint density at radius 3 is 2.51 bits per heavy atom. The fourth-order valence-corrected chi connectivity index (χ4v) is 5.34. The molecule has 4 unspecified atom stereocenters. The van der Waals surface area contributed by atoms with E-state index in [4.69, 9.17) is 0 Å². The molecule has 2 heterocycles. The van der Waals surface area contributed by atoms with E-state index in [2.05, 4.69) is 28.7 Å². The van der Waals surface area contributed by atoms with Crippen molar-refractivity contribution in [3.63, 3.8) is 0 Å². The van der Waals surface area contributed by atoms with Gasteiger partial charge in [0.1, 0.15) is 0 Å². The quantitative estimate of drug-likeness (QED) is 0.390. The summed E-state index contributed by atoms with van der Waals surface area (Å²) in [4.78, 5) is 27.0. The third-order valence-electron chi connectivity index (χ3n) is 7.85. The fraction of sp³-hybridized carbons (Fsp3) is 0.367. The molecule has 4 atom stereocenters. The summed E-state index contributed by atoms with van der Waals surface area (Å²) in [7, 11) is 0. The average Bonchev–Trinajstić information content (AvgIpc) is 3.71. The molecule has 1 aliphatic heterocycles. The first-order valence-corrected chi connectivity index (χ1v) is 13.6. The second kappa shape index (κ2) is 10.3. The van der Waals surface area contributed by atoms with E-state index in [1.54, 1.807) is 12.1 Å². The van der Waals surface area contributed by atoms with Gasteiger partial charge in [-0.1, -0.05) is 19.1 Å². The minimum absolute atomic E-state index is 0.00671. The number of β-amino-alcohol motifs (C(OH)–C–C–N with tert-alkyl or cyclic N) is 1. The molecule has 9 nitrogen and oxygen atoms in total. The number of aromatic nitrogens is 2. The number of carbonyl (C=O) groups is 2. The number of piperidine rings is 1. The molecule has 1 saturated carbocycles. The largest absolute Gasteiger partial charge is 0.390 e. The van der Waals surface area contributed by atoms with Gasteiger partial charge in [0.05, 0.1) is 30.0 Å². The predicted octanol–water partition coefficient (Wildman–Crippen LogP) is 3.38. The number of aliphatic hydroxyl groups is 2. The first kappa shape index (κ1) is 25.3. The Morgan fingerprint density at radius 2 is 1.79 bits per heavy atom. The zero-order chi connectivity index (χ0) is 27.1. The molecule has 0 bridgehead atoms. The summed E-state index contributed by atoms with van der Waals surface area (Å²) in [6.07, 6.45) is 8.81. The van der Waals surface area contributed by atoms with Crippen LogP contribution < -0.4 is 15.5 Å². The monoisotopic (exact) mass is 527 g/mol. The van der Waals surface area contributed by atoms with Gasteiger partial charge >= 0.3 is 0 Å². The maximum atomic E-state index is 12.9. The van der Waals surface area contributed by atoms with Crippen LogP contribution in [-0.2, 0) is 4.79 Å². The van der Waals surface area contributed by atoms with Gasteiger partial charge in [0.25, 0.3) is 5.91 Å². The number of anilines is 2. The summed E-state index contributed by atoms with van der Waals surface area (Å²) in [6.45, 7) is 3.12. The van der Waals surface area contributed by atoms with E-state index in [0.29, 0.717) is 25.1 Å². The van der Waals surface area contributed by atoms with Gasteiger partial charge < -0.3 is 25.7 Å². The van der Waals surface area contributed by atoms with Crippen molar-refractivity contribution < 1.29 is 19.8 Å². The number of fused-ring (bicyclic) bond motifs is 1. The van der Waals surface area contributed by atoms with Crippen molar-refractivity contribution in [2.75, 3.05) is 23.3 Å². The Hall–Kier alpha value is -3.95. The number of amides is 2. The van der Waals surface area contributed by atoms with E-state index in [9.17, 15) is 19.8 Å². The highest BCUT2D eigenvalue weighted by atomic mass is 16.3. The van der Waals surface area contributed by atoms with Gasteiger partial charge in [-0.05, 0) is 67.8 Å². The van der Waals surface area contributed by atoms with E-state index in [1.807, 2.05) is 58.3 Å². The lowest BCUT2D eigenvalue weighted by atomic mass is 9.95.